The molecular formula is C13H13FN2O2S3. The third kappa shape index (κ3) is 3.46. The lowest BCUT2D eigenvalue weighted by Crippen LogP contribution is -2.26. The number of sulfonamides is 1. The topological polar surface area (TPSA) is 63.4 Å². The summed E-state index contributed by atoms with van der Waals surface area (Å²) in [4.78, 5) is 0.703. The summed E-state index contributed by atoms with van der Waals surface area (Å²) in [7, 11) is -2.26. The van der Waals surface area contributed by atoms with Crippen LogP contribution in [0.25, 0.3) is 0 Å². The summed E-state index contributed by atoms with van der Waals surface area (Å²) in [6.07, 6.45) is 0. The number of thiophene rings is 1. The molecule has 1 aromatic heterocycles. The van der Waals surface area contributed by atoms with E-state index in [0.29, 0.717) is 0 Å². The molecule has 0 unspecified atom stereocenters. The van der Waals surface area contributed by atoms with Crippen LogP contribution in [0.4, 0.5) is 4.39 Å². The summed E-state index contributed by atoms with van der Waals surface area (Å²) < 4.78 is 39.7. The van der Waals surface area contributed by atoms with Crippen LogP contribution in [-0.4, -0.2) is 24.8 Å². The van der Waals surface area contributed by atoms with Gasteiger partial charge in [0.1, 0.15) is 10.8 Å². The van der Waals surface area contributed by atoms with Crippen molar-refractivity contribution in [3.8, 4) is 0 Å². The summed E-state index contributed by atoms with van der Waals surface area (Å²) in [6, 6.07) is 7.13. The molecule has 0 bridgehead atoms. The van der Waals surface area contributed by atoms with Crippen LogP contribution in [0.2, 0.25) is 0 Å². The number of benzene rings is 1. The first-order valence-corrected chi connectivity index (χ1v) is 8.63. The van der Waals surface area contributed by atoms with Gasteiger partial charge in [-0.2, -0.15) is 4.31 Å². The van der Waals surface area contributed by atoms with E-state index in [1.165, 1.54) is 28.8 Å². The van der Waals surface area contributed by atoms with Crippen molar-refractivity contribution in [3.05, 3.63) is 52.0 Å². The standard InChI is InChI=1S/C13H13FN2O2S3/c1-16(8-9-3-2-6-20-9)21(17,18)10-4-5-12(14)11(7-10)13(15)19/h2-7H,8H2,1H3,(H2,15,19). The molecule has 1 heterocycles. The highest BCUT2D eigenvalue weighted by Gasteiger charge is 2.22. The van der Waals surface area contributed by atoms with Gasteiger partial charge in [-0.15, -0.1) is 11.3 Å². The van der Waals surface area contributed by atoms with Gasteiger partial charge in [0.2, 0.25) is 10.0 Å². The van der Waals surface area contributed by atoms with E-state index in [9.17, 15) is 12.8 Å². The molecule has 0 radical (unpaired) electrons. The minimum Gasteiger partial charge on any atom is -0.389 e. The van der Waals surface area contributed by atoms with Gasteiger partial charge < -0.3 is 5.73 Å². The molecule has 0 atom stereocenters. The Morgan fingerprint density at radius 3 is 2.71 bits per heavy atom. The average Bonchev–Trinajstić information content (AvgIpc) is 2.91. The maximum Gasteiger partial charge on any atom is 0.243 e. The molecule has 4 nitrogen and oxygen atoms in total. The van der Waals surface area contributed by atoms with Gasteiger partial charge in [-0.05, 0) is 29.6 Å². The zero-order chi connectivity index (χ0) is 15.6. The van der Waals surface area contributed by atoms with Crippen molar-refractivity contribution in [3.63, 3.8) is 0 Å². The Balaban J connectivity index is 2.35. The van der Waals surface area contributed by atoms with E-state index in [1.54, 1.807) is 0 Å². The molecule has 112 valence electrons. The maximum absolute atomic E-state index is 13.5. The van der Waals surface area contributed by atoms with E-state index in [2.05, 4.69) is 0 Å². The van der Waals surface area contributed by atoms with Crippen molar-refractivity contribution in [2.24, 2.45) is 5.73 Å². The number of hydrogen-bond acceptors (Lipinski definition) is 4. The fourth-order valence-electron chi connectivity index (χ4n) is 1.74. The zero-order valence-electron chi connectivity index (χ0n) is 11.1. The summed E-state index contributed by atoms with van der Waals surface area (Å²) in [5.41, 5.74) is 5.32. The van der Waals surface area contributed by atoms with E-state index in [1.807, 2.05) is 17.5 Å². The first kappa shape index (κ1) is 16.0. The highest BCUT2D eigenvalue weighted by molar-refractivity contribution is 7.89. The Morgan fingerprint density at radius 1 is 1.43 bits per heavy atom. The average molecular weight is 344 g/mol. The molecule has 0 saturated heterocycles. The van der Waals surface area contributed by atoms with Crippen LogP contribution in [-0.2, 0) is 16.6 Å². The van der Waals surface area contributed by atoms with Crippen molar-refractivity contribution in [2.75, 3.05) is 7.05 Å². The third-order valence-corrected chi connectivity index (χ3v) is 5.75. The Bertz CT molecular complexity index is 758. The summed E-state index contributed by atoms with van der Waals surface area (Å²) in [5.74, 6) is -0.637. The normalized spacial score (nSPS) is 11.8. The van der Waals surface area contributed by atoms with Crippen LogP contribution in [0, 0.1) is 5.82 Å². The minimum atomic E-state index is -3.73. The molecule has 0 saturated carbocycles. The molecule has 0 fully saturated rings. The Labute approximate surface area is 132 Å². The Kier molecular flexibility index (Phi) is 4.72. The predicted molar refractivity (Wildman–Crippen MR) is 85.3 cm³/mol. The fourth-order valence-corrected chi connectivity index (χ4v) is 3.91. The molecule has 0 aliphatic carbocycles. The van der Waals surface area contributed by atoms with Gasteiger partial charge in [0, 0.05) is 24.0 Å². The highest BCUT2D eigenvalue weighted by atomic mass is 32.2. The maximum atomic E-state index is 13.5. The fraction of sp³-hybridized carbons (Fsp3) is 0.154. The van der Waals surface area contributed by atoms with Gasteiger partial charge in [0.15, 0.2) is 0 Å². The van der Waals surface area contributed by atoms with Gasteiger partial charge in [-0.1, -0.05) is 18.3 Å². The smallest absolute Gasteiger partial charge is 0.243 e. The highest BCUT2D eigenvalue weighted by Crippen LogP contribution is 2.21. The van der Waals surface area contributed by atoms with Crippen molar-refractivity contribution >= 4 is 38.6 Å². The SMILES string of the molecule is CN(Cc1cccs1)S(=O)(=O)c1ccc(F)c(C(N)=S)c1. The van der Waals surface area contributed by atoms with Crippen LogP contribution in [0.15, 0.2) is 40.6 Å². The monoisotopic (exact) mass is 344 g/mol. The number of nitrogens with zero attached hydrogens (tertiary/aromatic N) is 1. The van der Waals surface area contributed by atoms with Crippen LogP contribution in [0.1, 0.15) is 10.4 Å². The van der Waals surface area contributed by atoms with Gasteiger partial charge >= 0.3 is 0 Å². The van der Waals surface area contributed by atoms with E-state index in [4.69, 9.17) is 18.0 Å². The van der Waals surface area contributed by atoms with Crippen molar-refractivity contribution < 1.29 is 12.8 Å². The number of nitrogens with two attached hydrogens (primary N) is 1. The van der Waals surface area contributed by atoms with Gasteiger partial charge in [-0.25, -0.2) is 12.8 Å². The second-order valence-corrected chi connectivity index (χ2v) is 7.86. The lowest BCUT2D eigenvalue weighted by atomic mass is 10.2. The largest absolute Gasteiger partial charge is 0.389 e. The summed E-state index contributed by atoms with van der Waals surface area (Å²) >= 11 is 6.19. The molecule has 0 aliphatic heterocycles. The lowest BCUT2D eigenvalue weighted by molar-refractivity contribution is 0.469. The second kappa shape index (κ2) is 6.18. The van der Waals surface area contributed by atoms with Gasteiger partial charge in [0.05, 0.1) is 4.90 Å². The number of thiocarbonyl (C=S) groups is 1. The Morgan fingerprint density at radius 2 is 2.14 bits per heavy atom. The van der Waals surface area contributed by atoms with E-state index in [0.717, 1.165) is 17.0 Å². The second-order valence-electron chi connectivity index (χ2n) is 4.35. The van der Waals surface area contributed by atoms with E-state index in [-0.39, 0.29) is 22.0 Å². The first-order valence-electron chi connectivity index (χ1n) is 5.90. The molecule has 0 aliphatic rings. The number of hydrogen-bond donors (Lipinski definition) is 1. The van der Waals surface area contributed by atoms with Crippen molar-refractivity contribution in [1.29, 1.82) is 0 Å². The third-order valence-electron chi connectivity index (χ3n) is 2.87. The summed E-state index contributed by atoms with van der Waals surface area (Å²) in [6.45, 7) is 0.250. The van der Waals surface area contributed by atoms with Gasteiger partial charge in [-0.3, -0.25) is 0 Å². The Hall–Kier alpha value is -1.35. The molecule has 2 rings (SSSR count). The minimum absolute atomic E-state index is 0.0363. The number of rotatable bonds is 5. The first-order chi connectivity index (χ1) is 9.82. The molecule has 21 heavy (non-hydrogen) atoms. The van der Waals surface area contributed by atoms with Crippen molar-refractivity contribution in [2.45, 2.75) is 11.4 Å². The molecule has 0 spiro atoms. The van der Waals surface area contributed by atoms with E-state index >= 15 is 0 Å². The molecule has 2 N–H and O–H groups in total. The van der Waals surface area contributed by atoms with Crippen LogP contribution in [0.5, 0.6) is 0 Å². The lowest BCUT2D eigenvalue weighted by Gasteiger charge is -2.17. The number of halogens is 1. The molecule has 2 aromatic rings. The molecule has 8 heteroatoms. The zero-order valence-corrected chi connectivity index (χ0v) is 13.6. The van der Waals surface area contributed by atoms with Crippen LogP contribution < -0.4 is 5.73 Å². The van der Waals surface area contributed by atoms with Crippen LogP contribution in [0.3, 0.4) is 0 Å². The molecule has 1 aromatic carbocycles. The quantitative estimate of drug-likeness (QED) is 0.846. The molecule has 0 amide bonds. The van der Waals surface area contributed by atoms with Crippen molar-refractivity contribution in [1.82, 2.24) is 4.31 Å². The summed E-state index contributed by atoms with van der Waals surface area (Å²) in [5, 5.41) is 1.87. The van der Waals surface area contributed by atoms with Crippen LogP contribution >= 0.6 is 23.6 Å². The van der Waals surface area contributed by atoms with Gasteiger partial charge in [0.25, 0.3) is 0 Å². The van der Waals surface area contributed by atoms with E-state index < -0.39 is 15.8 Å². The molecular weight excluding hydrogens is 331 g/mol. The predicted octanol–water partition coefficient (Wildman–Crippen LogP) is 2.34.